The van der Waals surface area contributed by atoms with Crippen molar-refractivity contribution < 1.29 is 28.7 Å². The highest BCUT2D eigenvalue weighted by atomic mass is 16.5. The molecule has 0 spiro atoms. The maximum atomic E-state index is 13.8. The third-order valence-corrected chi connectivity index (χ3v) is 13.2. The van der Waals surface area contributed by atoms with Crippen LogP contribution in [0.2, 0.25) is 0 Å². The smallest absolute Gasteiger partial charge is 0.194 e. The minimum absolute atomic E-state index is 0.142. The summed E-state index contributed by atoms with van der Waals surface area (Å²) in [6.45, 7) is 4.35. The summed E-state index contributed by atoms with van der Waals surface area (Å²) in [5.74, 6) is 1.99. The number of ketones is 4. The molecule has 0 fully saturated rings. The Bertz CT molecular complexity index is 3500. The Morgan fingerprint density at radius 3 is 0.815 bits per heavy atom. The summed E-state index contributed by atoms with van der Waals surface area (Å²) < 4.78 is 12.6. The predicted molar refractivity (Wildman–Crippen MR) is 255 cm³/mol. The first-order chi connectivity index (χ1) is 31.6. The van der Waals surface area contributed by atoms with Crippen LogP contribution in [0.4, 0.5) is 0 Å². The number of ether oxygens (including phenoxy) is 2. The van der Waals surface area contributed by atoms with Crippen LogP contribution in [-0.4, -0.2) is 23.1 Å². The van der Waals surface area contributed by atoms with Gasteiger partial charge in [-0.1, -0.05) is 98.8 Å². The van der Waals surface area contributed by atoms with Gasteiger partial charge in [0.2, 0.25) is 0 Å². The largest absolute Gasteiger partial charge is 0.457 e. The molecule has 6 nitrogen and oxygen atoms in total. The molecule has 6 heteroatoms. The molecule has 10 aromatic carbocycles. The molecule has 0 saturated carbocycles. The van der Waals surface area contributed by atoms with Crippen molar-refractivity contribution in [1.29, 1.82) is 0 Å². The molecule has 0 amide bonds. The van der Waals surface area contributed by atoms with Gasteiger partial charge in [-0.25, -0.2) is 0 Å². The molecule has 0 aromatic heterocycles. The normalized spacial score (nSPS) is 13.2. The van der Waals surface area contributed by atoms with E-state index in [4.69, 9.17) is 9.47 Å². The van der Waals surface area contributed by atoms with Gasteiger partial charge in [-0.15, -0.1) is 0 Å². The van der Waals surface area contributed by atoms with Gasteiger partial charge in [-0.2, -0.15) is 0 Å². The van der Waals surface area contributed by atoms with E-state index in [1.807, 2.05) is 146 Å². The fourth-order valence-electron chi connectivity index (χ4n) is 9.56. The predicted octanol–water partition coefficient (Wildman–Crippen LogP) is 13.8. The van der Waals surface area contributed by atoms with Gasteiger partial charge in [-0.05, 0) is 151 Å². The molecule has 0 heterocycles. The number of rotatable bonds is 6. The molecular formula is C59H36O6. The quantitative estimate of drug-likeness (QED) is 0.166. The van der Waals surface area contributed by atoms with Crippen LogP contribution >= 0.6 is 0 Å². The molecule has 0 bridgehead atoms. The Labute approximate surface area is 373 Å². The van der Waals surface area contributed by atoms with Gasteiger partial charge in [0.25, 0.3) is 0 Å². The lowest BCUT2D eigenvalue weighted by molar-refractivity contribution is 0.0979. The van der Waals surface area contributed by atoms with Crippen molar-refractivity contribution in [3.8, 4) is 23.0 Å². The van der Waals surface area contributed by atoms with E-state index in [1.54, 1.807) is 12.1 Å². The Kier molecular flexibility index (Phi) is 8.39. The van der Waals surface area contributed by atoms with E-state index in [9.17, 15) is 19.2 Å². The van der Waals surface area contributed by atoms with Crippen molar-refractivity contribution in [3.05, 3.63) is 238 Å². The summed E-state index contributed by atoms with van der Waals surface area (Å²) in [5.41, 5.74) is 5.25. The van der Waals surface area contributed by atoms with Gasteiger partial charge in [-0.3, -0.25) is 19.2 Å². The second kappa shape index (κ2) is 14.3. The van der Waals surface area contributed by atoms with Gasteiger partial charge in [0.15, 0.2) is 23.1 Å². The lowest BCUT2D eigenvalue weighted by Gasteiger charge is -2.26. The summed E-state index contributed by atoms with van der Waals surface area (Å²) in [4.78, 5) is 54.8. The molecule has 0 radical (unpaired) electrons. The van der Waals surface area contributed by atoms with Crippen LogP contribution in [0.3, 0.4) is 0 Å². The Hall–Kier alpha value is -8.48. The van der Waals surface area contributed by atoms with Gasteiger partial charge < -0.3 is 9.47 Å². The molecule has 0 unspecified atom stereocenters. The number of carbonyl (C=O) groups is 4. The van der Waals surface area contributed by atoms with E-state index in [-0.39, 0.29) is 28.5 Å². The third-order valence-electron chi connectivity index (χ3n) is 13.2. The number of hydrogen-bond donors (Lipinski definition) is 0. The summed E-state index contributed by atoms with van der Waals surface area (Å²) in [7, 11) is 0. The van der Waals surface area contributed by atoms with Gasteiger partial charge in [0.05, 0.1) is 0 Å². The van der Waals surface area contributed by atoms with Crippen LogP contribution in [-0.2, 0) is 5.41 Å². The fourth-order valence-corrected chi connectivity index (χ4v) is 9.56. The molecular weight excluding hydrogens is 805 g/mol. The summed E-state index contributed by atoms with van der Waals surface area (Å²) in [6, 6.07) is 57.5. The van der Waals surface area contributed by atoms with E-state index >= 15 is 0 Å². The Morgan fingerprint density at radius 1 is 0.277 bits per heavy atom. The highest BCUT2D eigenvalue weighted by molar-refractivity contribution is 6.31. The average molecular weight is 841 g/mol. The van der Waals surface area contributed by atoms with Gasteiger partial charge >= 0.3 is 0 Å². The molecule has 0 N–H and O–H groups in total. The first kappa shape index (κ1) is 38.2. The Morgan fingerprint density at radius 2 is 0.523 bits per heavy atom. The highest BCUT2D eigenvalue weighted by Gasteiger charge is 2.32. The monoisotopic (exact) mass is 840 g/mol. The molecule has 65 heavy (non-hydrogen) atoms. The molecule has 10 aromatic rings. The molecule has 0 atom stereocenters. The lowest BCUT2D eigenvalue weighted by atomic mass is 9.78. The fraction of sp³-hybridized carbons (Fsp3) is 0.0508. The zero-order valence-electron chi connectivity index (χ0n) is 35.3. The maximum absolute atomic E-state index is 13.8. The van der Waals surface area contributed by atoms with Crippen LogP contribution in [0.25, 0.3) is 43.1 Å². The van der Waals surface area contributed by atoms with E-state index < -0.39 is 0 Å². The van der Waals surface area contributed by atoms with Crippen molar-refractivity contribution in [2.75, 3.05) is 0 Å². The summed E-state index contributed by atoms with van der Waals surface area (Å²) in [5, 5.41) is 7.02. The van der Waals surface area contributed by atoms with E-state index in [0.29, 0.717) is 67.5 Å². The molecule has 12 rings (SSSR count). The van der Waals surface area contributed by atoms with E-state index in [1.165, 1.54) is 0 Å². The summed E-state index contributed by atoms with van der Waals surface area (Å²) >= 11 is 0. The first-order valence-corrected chi connectivity index (χ1v) is 21.5. The van der Waals surface area contributed by atoms with Crippen molar-refractivity contribution in [2.45, 2.75) is 19.3 Å². The zero-order chi connectivity index (χ0) is 44.1. The van der Waals surface area contributed by atoms with Crippen molar-refractivity contribution in [3.63, 3.8) is 0 Å². The maximum Gasteiger partial charge on any atom is 0.194 e. The van der Waals surface area contributed by atoms with Crippen LogP contribution < -0.4 is 9.47 Å². The molecule has 0 saturated heterocycles. The second-order valence-corrected chi connectivity index (χ2v) is 17.5. The average Bonchev–Trinajstić information content (AvgIpc) is 3.33. The molecule has 2 aliphatic carbocycles. The van der Waals surface area contributed by atoms with Crippen molar-refractivity contribution in [2.24, 2.45) is 0 Å². The van der Waals surface area contributed by atoms with Crippen LogP contribution in [0.5, 0.6) is 23.0 Å². The topological polar surface area (TPSA) is 86.7 Å². The minimum atomic E-state index is -0.342. The van der Waals surface area contributed by atoms with Crippen molar-refractivity contribution >= 4 is 66.2 Å². The molecule has 0 aliphatic heterocycles. The second-order valence-electron chi connectivity index (χ2n) is 17.5. The number of hydrogen-bond acceptors (Lipinski definition) is 6. The first-order valence-electron chi connectivity index (χ1n) is 21.5. The third kappa shape index (κ3) is 6.25. The zero-order valence-corrected chi connectivity index (χ0v) is 35.3. The number of carbonyl (C=O) groups excluding carboxylic acids is 4. The standard InChI is InChI=1S/C59H36O6/c1-59(2,41-13-19-43(20-14-41)64-45-17-11-37-29-51-53(31-39(37)23-45)57(62)49-27-35-9-5-3-7-33(35)25-47(49)55(51)60)42-15-21-44(22-16-42)65-46-18-12-38-30-52-54(32-40(38)24-46)58(63)50-28-36-10-6-4-8-34(36)26-48(50)56(52)61/h3-32H,1-2H3. The summed E-state index contributed by atoms with van der Waals surface area (Å²) in [6.07, 6.45) is 0. The molecule has 2 aliphatic rings. The number of benzene rings is 10. The van der Waals surface area contributed by atoms with Crippen molar-refractivity contribution in [1.82, 2.24) is 0 Å². The van der Waals surface area contributed by atoms with Crippen LogP contribution in [0.15, 0.2) is 182 Å². The lowest BCUT2D eigenvalue weighted by Crippen LogP contribution is -2.20. The number of fused-ring (bicyclic) bond motifs is 8. The minimum Gasteiger partial charge on any atom is -0.457 e. The van der Waals surface area contributed by atoms with E-state index in [2.05, 4.69) is 38.1 Å². The van der Waals surface area contributed by atoms with Gasteiger partial charge in [0, 0.05) is 49.9 Å². The Balaban J connectivity index is 0.745. The van der Waals surface area contributed by atoms with Crippen LogP contribution in [0.1, 0.15) is 88.7 Å². The van der Waals surface area contributed by atoms with E-state index in [0.717, 1.165) is 54.2 Å². The SMILES string of the molecule is CC(C)(c1ccc(Oc2ccc3cc4c(cc3c2)C(=O)c2cc3ccccc3cc2C4=O)cc1)c1ccc(Oc2ccc3cc4c(cc3c2)C(=O)c2cc3ccccc3cc2C4=O)cc1. The van der Waals surface area contributed by atoms with Crippen LogP contribution in [0, 0.1) is 0 Å². The highest BCUT2D eigenvalue weighted by Crippen LogP contribution is 2.39. The molecule has 308 valence electrons. The van der Waals surface area contributed by atoms with Gasteiger partial charge in [0.1, 0.15) is 23.0 Å².